The monoisotopic (exact) mass is 391 g/mol. The van der Waals surface area contributed by atoms with Crippen LogP contribution in [0.3, 0.4) is 0 Å². The van der Waals surface area contributed by atoms with Gasteiger partial charge in [-0.05, 0) is 29.8 Å². The molecule has 0 aliphatic carbocycles. The minimum Gasteiger partial charge on any atom is -0.465 e. The summed E-state index contributed by atoms with van der Waals surface area (Å²) in [4.78, 5) is 16.4. The summed E-state index contributed by atoms with van der Waals surface area (Å²) in [6.45, 7) is 0. The average molecular weight is 392 g/mol. The van der Waals surface area contributed by atoms with E-state index in [1.807, 2.05) is 37.5 Å². The Morgan fingerprint density at radius 3 is 2.68 bits per heavy atom. The Bertz CT molecular complexity index is 1170. The van der Waals surface area contributed by atoms with Crippen LogP contribution in [0.5, 0.6) is 0 Å². The Morgan fingerprint density at radius 2 is 1.93 bits per heavy atom. The number of benzene rings is 2. The molecular weight excluding hydrogens is 374 g/mol. The first kappa shape index (κ1) is 18.1. The maximum Gasteiger partial charge on any atom is 0.341 e. The van der Waals surface area contributed by atoms with E-state index in [0.717, 1.165) is 27.7 Å². The van der Waals surface area contributed by atoms with E-state index >= 15 is 0 Å². The molecule has 0 atom stereocenters. The van der Waals surface area contributed by atoms with Gasteiger partial charge in [-0.2, -0.15) is 0 Å². The van der Waals surface area contributed by atoms with Crippen molar-refractivity contribution in [1.29, 1.82) is 0 Å². The summed E-state index contributed by atoms with van der Waals surface area (Å²) in [5, 5.41) is 4.70. The normalized spacial score (nSPS) is 10.8. The molecule has 2 aromatic carbocycles. The number of fused-ring (bicyclic) bond motifs is 1. The van der Waals surface area contributed by atoms with Crippen LogP contribution in [0.15, 0.2) is 67.0 Å². The second-order valence-electron chi connectivity index (χ2n) is 6.42. The Morgan fingerprint density at radius 1 is 1.14 bits per heavy atom. The molecule has 28 heavy (non-hydrogen) atoms. The van der Waals surface area contributed by atoms with Crippen molar-refractivity contribution in [2.45, 2.75) is 0 Å². The lowest BCUT2D eigenvalue weighted by Crippen LogP contribution is -2.07. The number of pyridine rings is 1. The number of hydrogen-bond acceptors (Lipinski definition) is 4. The predicted octanol–water partition coefficient (Wildman–Crippen LogP) is 5.42. The Hall–Kier alpha value is -3.31. The van der Waals surface area contributed by atoms with Gasteiger partial charge >= 0.3 is 5.97 Å². The van der Waals surface area contributed by atoms with E-state index in [2.05, 4.69) is 39.1 Å². The van der Waals surface area contributed by atoms with Crippen molar-refractivity contribution >= 4 is 40.0 Å². The summed E-state index contributed by atoms with van der Waals surface area (Å²) >= 11 is 6.01. The van der Waals surface area contributed by atoms with Crippen molar-refractivity contribution in [1.82, 2.24) is 9.55 Å². The molecule has 2 aromatic heterocycles. The number of halogens is 1. The van der Waals surface area contributed by atoms with Crippen LogP contribution in [0.25, 0.3) is 22.0 Å². The first-order valence-electron chi connectivity index (χ1n) is 8.72. The summed E-state index contributed by atoms with van der Waals surface area (Å²) in [5.74, 6) is -0.105. The number of aryl methyl sites for hydroxylation is 1. The van der Waals surface area contributed by atoms with E-state index in [4.69, 9.17) is 16.3 Å². The molecule has 4 rings (SSSR count). The van der Waals surface area contributed by atoms with E-state index in [9.17, 15) is 4.79 Å². The van der Waals surface area contributed by atoms with Crippen LogP contribution in [0, 0.1) is 0 Å². The standard InChI is InChI=1S/C22H18ClN3O2/c1-26-9-8-15-10-17(12-18(20(15)26)14-6-4-3-5-7-14)25-21-19(22(27)28-2)11-16(23)13-24-21/h3-13H,1-2H3,(H,24,25). The minimum atomic E-state index is -0.499. The van der Waals surface area contributed by atoms with Gasteiger partial charge in [0.1, 0.15) is 11.4 Å². The van der Waals surface area contributed by atoms with Gasteiger partial charge in [0.25, 0.3) is 0 Å². The number of carbonyl (C=O) groups is 1. The lowest BCUT2D eigenvalue weighted by Gasteiger charge is -2.13. The van der Waals surface area contributed by atoms with Crippen molar-refractivity contribution in [3.63, 3.8) is 0 Å². The molecular formula is C22H18ClN3O2. The van der Waals surface area contributed by atoms with Crippen LogP contribution in [0.2, 0.25) is 5.02 Å². The molecule has 0 aliphatic rings. The van der Waals surface area contributed by atoms with E-state index in [0.29, 0.717) is 10.8 Å². The van der Waals surface area contributed by atoms with Crippen LogP contribution >= 0.6 is 11.6 Å². The third-order valence-electron chi connectivity index (χ3n) is 4.58. The van der Waals surface area contributed by atoms with E-state index in [1.165, 1.54) is 13.3 Å². The first-order valence-corrected chi connectivity index (χ1v) is 9.10. The Kier molecular flexibility index (Phi) is 4.75. The van der Waals surface area contributed by atoms with Crippen LogP contribution in [-0.4, -0.2) is 22.6 Å². The number of carbonyl (C=O) groups excluding carboxylic acids is 1. The summed E-state index contributed by atoms with van der Waals surface area (Å²) in [7, 11) is 3.36. The molecule has 0 spiro atoms. The van der Waals surface area contributed by atoms with Gasteiger partial charge < -0.3 is 14.6 Å². The van der Waals surface area contributed by atoms with E-state index in [-0.39, 0.29) is 5.56 Å². The summed E-state index contributed by atoms with van der Waals surface area (Å²) in [6.07, 6.45) is 3.52. The second-order valence-corrected chi connectivity index (χ2v) is 6.86. The quantitative estimate of drug-likeness (QED) is 0.471. The molecule has 0 unspecified atom stereocenters. The summed E-state index contributed by atoms with van der Waals surface area (Å²) < 4.78 is 6.95. The number of hydrogen-bond donors (Lipinski definition) is 1. The number of rotatable bonds is 4. The third kappa shape index (κ3) is 3.32. The molecule has 6 heteroatoms. The van der Waals surface area contributed by atoms with Gasteiger partial charge in [0.2, 0.25) is 0 Å². The van der Waals surface area contributed by atoms with Crippen LogP contribution in [0.1, 0.15) is 10.4 Å². The Balaban J connectivity index is 1.84. The van der Waals surface area contributed by atoms with Crippen LogP contribution in [0.4, 0.5) is 11.5 Å². The first-order chi connectivity index (χ1) is 13.6. The highest BCUT2D eigenvalue weighted by Crippen LogP contribution is 2.34. The van der Waals surface area contributed by atoms with Gasteiger partial charge in [0.05, 0.1) is 17.6 Å². The number of ether oxygens (including phenoxy) is 1. The lowest BCUT2D eigenvalue weighted by atomic mass is 10.0. The van der Waals surface area contributed by atoms with Gasteiger partial charge in [-0.1, -0.05) is 41.9 Å². The fraction of sp³-hybridized carbons (Fsp3) is 0.0909. The molecule has 0 amide bonds. The van der Waals surface area contributed by atoms with Crippen molar-refractivity contribution < 1.29 is 9.53 Å². The number of nitrogens with zero attached hydrogens (tertiary/aromatic N) is 2. The van der Waals surface area contributed by atoms with Gasteiger partial charge in [0, 0.05) is 36.1 Å². The van der Waals surface area contributed by atoms with Crippen molar-refractivity contribution in [2.75, 3.05) is 12.4 Å². The smallest absolute Gasteiger partial charge is 0.341 e. The zero-order valence-corrected chi connectivity index (χ0v) is 16.2. The van der Waals surface area contributed by atoms with E-state index < -0.39 is 5.97 Å². The number of aromatic nitrogens is 2. The molecule has 0 bridgehead atoms. The second kappa shape index (κ2) is 7.37. The number of anilines is 2. The van der Waals surface area contributed by atoms with Crippen molar-refractivity contribution in [3.05, 3.63) is 77.6 Å². The van der Waals surface area contributed by atoms with E-state index in [1.54, 1.807) is 6.07 Å². The zero-order chi connectivity index (χ0) is 19.7. The zero-order valence-electron chi connectivity index (χ0n) is 15.4. The van der Waals surface area contributed by atoms with Crippen molar-refractivity contribution in [3.8, 4) is 11.1 Å². The fourth-order valence-electron chi connectivity index (χ4n) is 3.30. The molecule has 2 heterocycles. The average Bonchev–Trinajstić information content (AvgIpc) is 3.09. The summed E-state index contributed by atoms with van der Waals surface area (Å²) in [6, 6.07) is 17.9. The number of methoxy groups -OCH3 is 1. The number of nitrogens with one attached hydrogen (secondary N) is 1. The largest absolute Gasteiger partial charge is 0.465 e. The topological polar surface area (TPSA) is 56.1 Å². The lowest BCUT2D eigenvalue weighted by molar-refractivity contribution is 0.0601. The maximum atomic E-state index is 12.1. The molecule has 0 radical (unpaired) electrons. The van der Waals surface area contributed by atoms with Gasteiger partial charge in [0.15, 0.2) is 0 Å². The van der Waals surface area contributed by atoms with Gasteiger partial charge in [-0.25, -0.2) is 9.78 Å². The van der Waals surface area contributed by atoms with Gasteiger partial charge in [-0.15, -0.1) is 0 Å². The highest BCUT2D eigenvalue weighted by molar-refractivity contribution is 6.30. The minimum absolute atomic E-state index is 0.282. The van der Waals surface area contributed by atoms with Crippen LogP contribution in [-0.2, 0) is 11.8 Å². The SMILES string of the molecule is COC(=O)c1cc(Cl)cnc1Nc1cc(-c2ccccc2)c2c(ccn2C)c1. The molecule has 0 fully saturated rings. The third-order valence-corrected chi connectivity index (χ3v) is 4.78. The highest BCUT2D eigenvalue weighted by atomic mass is 35.5. The van der Waals surface area contributed by atoms with Crippen LogP contribution < -0.4 is 5.32 Å². The number of esters is 1. The highest BCUT2D eigenvalue weighted by Gasteiger charge is 2.16. The molecule has 0 saturated heterocycles. The molecule has 5 nitrogen and oxygen atoms in total. The van der Waals surface area contributed by atoms with Crippen molar-refractivity contribution in [2.24, 2.45) is 7.05 Å². The fourth-order valence-corrected chi connectivity index (χ4v) is 3.45. The molecule has 0 saturated carbocycles. The molecule has 1 N–H and O–H groups in total. The molecule has 4 aromatic rings. The predicted molar refractivity (Wildman–Crippen MR) is 112 cm³/mol. The molecule has 140 valence electrons. The molecule has 0 aliphatic heterocycles. The summed E-state index contributed by atoms with van der Waals surface area (Å²) in [5.41, 5.74) is 4.42. The Labute approximate surface area is 167 Å². The van der Waals surface area contributed by atoms with Gasteiger partial charge in [-0.3, -0.25) is 0 Å². The maximum absolute atomic E-state index is 12.1.